The van der Waals surface area contributed by atoms with Gasteiger partial charge in [-0.1, -0.05) is 13.8 Å². The highest BCUT2D eigenvalue weighted by Crippen LogP contribution is 2.40. The van der Waals surface area contributed by atoms with Crippen LogP contribution in [0, 0.1) is 23.7 Å². The van der Waals surface area contributed by atoms with Gasteiger partial charge in [0.15, 0.2) is 0 Å². The van der Waals surface area contributed by atoms with Crippen LogP contribution in [0.3, 0.4) is 0 Å². The Labute approximate surface area is 78.1 Å². The van der Waals surface area contributed by atoms with Crippen molar-refractivity contribution in [3.8, 4) is 0 Å². The highest BCUT2D eigenvalue weighted by atomic mass is 16.4. The number of carboxylic acid groups (broad SMARTS) is 1. The highest BCUT2D eigenvalue weighted by molar-refractivity contribution is 5.72. The van der Waals surface area contributed by atoms with E-state index in [2.05, 4.69) is 0 Å². The predicted octanol–water partition coefficient (Wildman–Crippen LogP) is 1.57. The first-order valence-corrected chi connectivity index (χ1v) is 4.76. The molecule has 0 aromatic heterocycles. The summed E-state index contributed by atoms with van der Waals surface area (Å²) in [5, 5.41) is 8.98. The van der Waals surface area contributed by atoms with Crippen molar-refractivity contribution in [1.82, 2.24) is 0 Å². The van der Waals surface area contributed by atoms with Crippen molar-refractivity contribution in [3.05, 3.63) is 0 Å². The molecule has 0 amide bonds. The van der Waals surface area contributed by atoms with Gasteiger partial charge in [0.2, 0.25) is 0 Å². The summed E-state index contributed by atoms with van der Waals surface area (Å²) in [5.41, 5.74) is 0. The van der Waals surface area contributed by atoms with Crippen LogP contribution in [0.4, 0.5) is 0 Å². The molecule has 3 heteroatoms. The van der Waals surface area contributed by atoms with Gasteiger partial charge in [0, 0.05) is 5.92 Å². The molecule has 1 aliphatic rings. The molecule has 0 aromatic rings. The zero-order valence-electron chi connectivity index (χ0n) is 8.06. The van der Waals surface area contributed by atoms with Crippen LogP contribution in [0.15, 0.2) is 0 Å². The van der Waals surface area contributed by atoms with E-state index in [0.717, 1.165) is 19.1 Å². The minimum Gasteiger partial charge on any atom is -0.481 e. The number of hydrogen-bond acceptors (Lipinski definition) is 2. The molecule has 1 fully saturated rings. The van der Waals surface area contributed by atoms with E-state index in [1.54, 1.807) is 0 Å². The topological polar surface area (TPSA) is 54.4 Å². The molecule has 1 saturated carbocycles. The van der Waals surface area contributed by atoms with E-state index in [1.165, 1.54) is 0 Å². The lowest BCUT2D eigenvalue weighted by Crippen LogP contribution is -2.27. The molecule has 0 radical (unpaired) electrons. The zero-order chi connectivity index (χ0) is 10.0. The molecule has 0 aromatic carbocycles. The van der Waals surface area contributed by atoms with E-state index in [0.29, 0.717) is 0 Å². The van der Waals surface area contributed by atoms with Crippen molar-refractivity contribution >= 4 is 12.3 Å². The third-order valence-electron chi connectivity index (χ3n) is 3.20. The van der Waals surface area contributed by atoms with Gasteiger partial charge < -0.3 is 9.90 Å². The van der Waals surface area contributed by atoms with E-state index < -0.39 is 5.97 Å². The number of hydrogen-bond donors (Lipinski definition) is 1. The van der Waals surface area contributed by atoms with Crippen LogP contribution in [0.1, 0.15) is 26.7 Å². The van der Waals surface area contributed by atoms with E-state index in [-0.39, 0.29) is 23.7 Å². The smallest absolute Gasteiger partial charge is 0.307 e. The molecule has 74 valence electrons. The van der Waals surface area contributed by atoms with Gasteiger partial charge in [0.05, 0.1) is 5.92 Å². The Hall–Kier alpha value is -0.860. The van der Waals surface area contributed by atoms with Crippen LogP contribution in [0.2, 0.25) is 0 Å². The van der Waals surface area contributed by atoms with Gasteiger partial charge >= 0.3 is 5.97 Å². The van der Waals surface area contributed by atoms with Crippen molar-refractivity contribution in [3.63, 3.8) is 0 Å². The molecule has 0 bridgehead atoms. The first-order valence-electron chi connectivity index (χ1n) is 4.76. The minimum absolute atomic E-state index is 0.0463. The number of carbonyl (C=O) groups excluding carboxylic acids is 1. The van der Waals surface area contributed by atoms with E-state index in [1.807, 2.05) is 13.8 Å². The van der Waals surface area contributed by atoms with Crippen LogP contribution in [-0.2, 0) is 9.59 Å². The van der Waals surface area contributed by atoms with Crippen molar-refractivity contribution in [2.75, 3.05) is 0 Å². The van der Waals surface area contributed by atoms with Crippen LogP contribution >= 0.6 is 0 Å². The maximum atomic E-state index is 10.9. The molecule has 4 atom stereocenters. The summed E-state index contributed by atoms with van der Waals surface area (Å²) >= 11 is 0. The van der Waals surface area contributed by atoms with Gasteiger partial charge in [0.1, 0.15) is 6.29 Å². The molecule has 3 unspecified atom stereocenters. The highest BCUT2D eigenvalue weighted by Gasteiger charge is 2.40. The lowest BCUT2D eigenvalue weighted by atomic mass is 9.83. The molecule has 0 saturated heterocycles. The van der Waals surface area contributed by atoms with Crippen LogP contribution < -0.4 is 0 Å². The van der Waals surface area contributed by atoms with Gasteiger partial charge in [-0.3, -0.25) is 4.79 Å². The Kier molecular flexibility index (Phi) is 3.07. The Bertz CT molecular complexity index is 212. The van der Waals surface area contributed by atoms with Crippen molar-refractivity contribution < 1.29 is 14.7 Å². The Morgan fingerprint density at radius 1 is 1.54 bits per heavy atom. The molecular weight excluding hydrogens is 168 g/mol. The molecule has 1 rings (SSSR count). The van der Waals surface area contributed by atoms with E-state index in [9.17, 15) is 9.59 Å². The molecule has 0 spiro atoms. The molecule has 13 heavy (non-hydrogen) atoms. The monoisotopic (exact) mass is 184 g/mol. The Balaban J connectivity index is 2.75. The van der Waals surface area contributed by atoms with Crippen molar-refractivity contribution in [2.24, 2.45) is 23.7 Å². The first kappa shape index (κ1) is 10.2. The summed E-state index contributed by atoms with van der Waals surface area (Å²) in [6.07, 6.45) is 2.68. The number of aliphatic carboxylic acids is 1. The van der Waals surface area contributed by atoms with Crippen LogP contribution in [0.5, 0.6) is 0 Å². The summed E-state index contributed by atoms with van der Waals surface area (Å²) in [4.78, 5) is 21.5. The molecule has 1 aliphatic carbocycles. The SMILES string of the molecule is CC(C=O)C1CC[C@H](C)C1C(=O)O. The normalized spacial score (nSPS) is 35.7. The van der Waals surface area contributed by atoms with Crippen LogP contribution in [-0.4, -0.2) is 17.4 Å². The largest absolute Gasteiger partial charge is 0.481 e. The average molecular weight is 184 g/mol. The Morgan fingerprint density at radius 2 is 2.15 bits per heavy atom. The maximum absolute atomic E-state index is 10.9. The zero-order valence-corrected chi connectivity index (χ0v) is 8.06. The van der Waals surface area contributed by atoms with Crippen molar-refractivity contribution in [2.45, 2.75) is 26.7 Å². The van der Waals surface area contributed by atoms with Gasteiger partial charge in [0.25, 0.3) is 0 Å². The second kappa shape index (κ2) is 3.90. The van der Waals surface area contributed by atoms with Crippen molar-refractivity contribution in [1.29, 1.82) is 0 Å². The fourth-order valence-electron chi connectivity index (χ4n) is 2.35. The molecule has 0 aliphatic heterocycles. The molecule has 1 N–H and O–H groups in total. The summed E-state index contributed by atoms with van der Waals surface area (Å²) in [5.74, 6) is -0.926. The molecule has 0 heterocycles. The lowest BCUT2D eigenvalue weighted by Gasteiger charge is -2.20. The number of aldehydes is 1. The Morgan fingerprint density at radius 3 is 2.62 bits per heavy atom. The second-order valence-electron chi connectivity index (χ2n) is 4.08. The molecule has 3 nitrogen and oxygen atoms in total. The first-order chi connectivity index (χ1) is 6.07. The van der Waals surface area contributed by atoms with E-state index >= 15 is 0 Å². The fraction of sp³-hybridized carbons (Fsp3) is 0.800. The third-order valence-corrected chi connectivity index (χ3v) is 3.20. The second-order valence-corrected chi connectivity index (χ2v) is 4.08. The standard InChI is InChI=1S/C10H16O3/c1-6-3-4-8(7(2)5-11)9(6)10(12)13/h5-9H,3-4H2,1-2H3,(H,12,13)/t6-,7?,8?,9?/m0/s1. The van der Waals surface area contributed by atoms with Gasteiger partial charge in [-0.2, -0.15) is 0 Å². The van der Waals surface area contributed by atoms with Gasteiger partial charge in [-0.05, 0) is 24.7 Å². The average Bonchev–Trinajstić information content (AvgIpc) is 2.45. The lowest BCUT2D eigenvalue weighted by molar-refractivity contribution is -0.145. The van der Waals surface area contributed by atoms with E-state index in [4.69, 9.17) is 5.11 Å². The quantitative estimate of drug-likeness (QED) is 0.677. The number of carbonyl (C=O) groups is 2. The van der Waals surface area contributed by atoms with Gasteiger partial charge in [-0.25, -0.2) is 0 Å². The number of rotatable bonds is 3. The minimum atomic E-state index is -0.747. The number of carboxylic acids is 1. The third kappa shape index (κ3) is 1.90. The maximum Gasteiger partial charge on any atom is 0.307 e. The molecular formula is C10H16O3. The predicted molar refractivity (Wildman–Crippen MR) is 48.2 cm³/mol. The summed E-state index contributed by atoms with van der Waals surface area (Å²) < 4.78 is 0. The fourth-order valence-corrected chi connectivity index (χ4v) is 2.35. The van der Waals surface area contributed by atoms with Crippen LogP contribution in [0.25, 0.3) is 0 Å². The summed E-state index contributed by atoms with van der Waals surface area (Å²) in [7, 11) is 0. The summed E-state index contributed by atoms with van der Waals surface area (Å²) in [6.45, 7) is 3.77. The van der Waals surface area contributed by atoms with Gasteiger partial charge in [-0.15, -0.1) is 0 Å². The summed E-state index contributed by atoms with van der Waals surface area (Å²) in [6, 6.07) is 0.